The van der Waals surface area contributed by atoms with Crippen molar-refractivity contribution in [2.45, 2.75) is 46.3 Å². The number of nitrogens with zero attached hydrogens (tertiary/aromatic N) is 2. The van der Waals surface area contributed by atoms with Crippen molar-refractivity contribution in [2.24, 2.45) is 0 Å². The molecule has 1 N–H and O–H groups in total. The fraction of sp³-hybridized carbons (Fsp3) is 0.529. The largest absolute Gasteiger partial charge is 0.444 e. The number of ether oxygens (including phenoxy) is 1. The minimum Gasteiger partial charge on any atom is -0.444 e. The van der Waals surface area contributed by atoms with Gasteiger partial charge in [0, 0.05) is 19.3 Å². The molecule has 2 rings (SSSR count). The van der Waals surface area contributed by atoms with Crippen molar-refractivity contribution in [1.29, 1.82) is 0 Å². The first-order valence-electron chi connectivity index (χ1n) is 7.54. The van der Waals surface area contributed by atoms with Crippen molar-refractivity contribution in [3.8, 4) is 0 Å². The summed E-state index contributed by atoms with van der Waals surface area (Å²) in [7, 11) is 0. The van der Waals surface area contributed by atoms with E-state index in [0.29, 0.717) is 13.1 Å². The lowest BCUT2D eigenvalue weighted by atomic mass is 10.0. The monoisotopic (exact) mass is 304 g/mol. The maximum Gasteiger partial charge on any atom is 0.410 e. The number of pyridine rings is 1. The van der Waals surface area contributed by atoms with Crippen molar-refractivity contribution < 1.29 is 14.6 Å². The van der Waals surface area contributed by atoms with Gasteiger partial charge >= 0.3 is 6.09 Å². The van der Waals surface area contributed by atoms with Crippen LogP contribution in [0.4, 0.5) is 4.79 Å². The fourth-order valence-corrected chi connectivity index (χ4v) is 2.32. The van der Waals surface area contributed by atoms with Gasteiger partial charge in [0.1, 0.15) is 5.60 Å². The predicted octanol–water partition coefficient (Wildman–Crippen LogP) is 2.91. The third-order valence-corrected chi connectivity index (χ3v) is 3.58. The molecule has 0 unspecified atom stereocenters. The summed E-state index contributed by atoms with van der Waals surface area (Å²) >= 11 is 0. The highest BCUT2D eigenvalue weighted by Gasteiger charge is 2.24. The number of amides is 1. The zero-order chi connectivity index (χ0) is 16.3. The molecule has 0 aliphatic carbocycles. The van der Waals surface area contributed by atoms with Crippen LogP contribution in [0.5, 0.6) is 0 Å². The van der Waals surface area contributed by atoms with E-state index in [1.807, 2.05) is 39.8 Å². The van der Waals surface area contributed by atoms with Crippen molar-refractivity contribution in [2.75, 3.05) is 13.1 Å². The molecule has 120 valence electrons. The molecule has 1 aliphatic heterocycles. The Labute approximate surface area is 131 Å². The van der Waals surface area contributed by atoms with Gasteiger partial charge in [0.15, 0.2) is 0 Å². The van der Waals surface area contributed by atoms with Gasteiger partial charge < -0.3 is 14.7 Å². The Bertz CT molecular complexity index is 588. The standard InChI is InChI=1S/C17H24N2O3/c1-12-9-15(18-10-14(12)11-20)13-5-7-19(8-6-13)16(21)22-17(2,3)4/h5,9-10,20H,6-8,11H2,1-4H3. The molecule has 2 heterocycles. The Morgan fingerprint density at radius 3 is 2.68 bits per heavy atom. The van der Waals surface area contributed by atoms with Gasteiger partial charge in [0.05, 0.1) is 12.3 Å². The smallest absolute Gasteiger partial charge is 0.410 e. The third-order valence-electron chi connectivity index (χ3n) is 3.58. The zero-order valence-corrected chi connectivity index (χ0v) is 13.7. The van der Waals surface area contributed by atoms with Crippen LogP contribution in [0, 0.1) is 6.92 Å². The summed E-state index contributed by atoms with van der Waals surface area (Å²) in [5, 5.41) is 9.20. The van der Waals surface area contributed by atoms with E-state index < -0.39 is 5.60 Å². The Morgan fingerprint density at radius 2 is 2.18 bits per heavy atom. The first-order valence-corrected chi connectivity index (χ1v) is 7.54. The maximum absolute atomic E-state index is 12.0. The molecule has 0 aromatic carbocycles. The second-order valence-corrected chi connectivity index (χ2v) is 6.56. The van der Waals surface area contributed by atoms with Crippen LogP contribution in [0.1, 0.15) is 44.0 Å². The normalized spacial score (nSPS) is 15.5. The number of carbonyl (C=O) groups is 1. The van der Waals surface area contributed by atoms with E-state index in [1.165, 1.54) is 0 Å². The molecule has 0 saturated carbocycles. The molecule has 0 spiro atoms. The topological polar surface area (TPSA) is 62.7 Å². The van der Waals surface area contributed by atoms with E-state index in [4.69, 9.17) is 4.74 Å². The van der Waals surface area contributed by atoms with Gasteiger partial charge in [0.25, 0.3) is 0 Å². The van der Waals surface area contributed by atoms with Gasteiger partial charge in [-0.2, -0.15) is 0 Å². The predicted molar refractivity (Wildman–Crippen MR) is 85.3 cm³/mol. The van der Waals surface area contributed by atoms with Gasteiger partial charge in [-0.15, -0.1) is 0 Å². The van der Waals surface area contributed by atoms with Crippen molar-refractivity contribution >= 4 is 11.7 Å². The zero-order valence-electron chi connectivity index (χ0n) is 13.7. The van der Waals surface area contributed by atoms with Gasteiger partial charge in [0.2, 0.25) is 0 Å². The van der Waals surface area contributed by atoms with Crippen LogP contribution in [0.25, 0.3) is 5.57 Å². The molecule has 1 aromatic heterocycles. The van der Waals surface area contributed by atoms with E-state index in [-0.39, 0.29) is 12.7 Å². The number of hydrogen-bond donors (Lipinski definition) is 1. The molecule has 5 nitrogen and oxygen atoms in total. The summed E-state index contributed by atoms with van der Waals surface area (Å²) in [5.74, 6) is 0. The Balaban J connectivity index is 2.05. The summed E-state index contributed by atoms with van der Waals surface area (Å²) < 4.78 is 5.38. The average Bonchev–Trinajstić information content (AvgIpc) is 2.45. The summed E-state index contributed by atoms with van der Waals surface area (Å²) in [4.78, 5) is 18.1. The molecule has 5 heteroatoms. The van der Waals surface area contributed by atoms with Gasteiger partial charge in [-0.1, -0.05) is 6.08 Å². The molecule has 1 aliphatic rings. The average molecular weight is 304 g/mol. The first-order chi connectivity index (χ1) is 10.3. The molecule has 0 atom stereocenters. The minimum atomic E-state index is -0.472. The molecule has 0 bridgehead atoms. The molecular formula is C17H24N2O3. The second kappa shape index (κ2) is 6.48. The number of aromatic nitrogens is 1. The van der Waals surface area contributed by atoms with Gasteiger partial charge in [-0.05, 0) is 56.9 Å². The van der Waals surface area contributed by atoms with Crippen LogP contribution in [0.2, 0.25) is 0 Å². The summed E-state index contributed by atoms with van der Waals surface area (Å²) in [6.45, 7) is 8.73. The van der Waals surface area contributed by atoms with Gasteiger partial charge in [-0.25, -0.2) is 4.79 Å². The van der Waals surface area contributed by atoms with Crippen LogP contribution >= 0.6 is 0 Å². The molecular weight excluding hydrogens is 280 g/mol. The lowest BCUT2D eigenvalue weighted by Gasteiger charge is -2.29. The van der Waals surface area contributed by atoms with E-state index in [0.717, 1.165) is 28.8 Å². The molecule has 1 amide bonds. The highest BCUT2D eigenvalue weighted by Crippen LogP contribution is 2.23. The summed E-state index contributed by atoms with van der Waals surface area (Å²) in [5.41, 5.74) is 3.45. The number of rotatable bonds is 2. The van der Waals surface area contributed by atoms with Crippen LogP contribution in [0.15, 0.2) is 18.3 Å². The Morgan fingerprint density at radius 1 is 1.45 bits per heavy atom. The first kappa shape index (κ1) is 16.5. The van der Waals surface area contributed by atoms with Crippen molar-refractivity contribution in [3.05, 3.63) is 35.2 Å². The quantitative estimate of drug-likeness (QED) is 0.912. The lowest BCUT2D eigenvalue weighted by Crippen LogP contribution is -2.39. The SMILES string of the molecule is Cc1cc(C2=CCN(C(=O)OC(C)(C)C)CC2)ncc1CO. The van der Waals surface area contributed by atoms with E-state index in [9.17, 15) is 9.90 Å². The number of aryl methyl sites for hydroxylation is 1. The van der Waals surface area contributed by atoms with Crippen molar-refractivity contribution in [1.82, 2.24) is 9.88 Å². The summed E-state index contributed by atoms with van der Waals surface area (Å²) in [6, 6.07) is 1.99. The van der Waals surface area contributed by atoms with Crippen LogP contribution in [-0.2, 0) is 11.3 Å². The van der Waals surface area contributed by atoms with Crippen LogP contribution in [-0.4, -0.2) is 39.8 Å². The molecule has 1 aromatic rings. The van der Waals surface area contributed by atoms with E-state index in [1.54, 1.807) is 11.1 Å². The van der Waals surface area contributed by atoms with Crippen LogP contribution < -0.4 is 0 Å². The maximum atomic E-state index is 12.0. The second-order valence-electron chi connectivity index (χ2n) is 6.56. The third kappa shape index (κ3) is 4.07. The Hall–Kier alpha value is -1.88. The molecule has 0 saturated heterocycles. The number of carbonyl (C=O) groups excluding carboxylic acids is 1. The highest BCUT2D eigenvalue weighted by molar-refractivity contribution is 5.72. The molecule has 22 heavy (non-hydrogen) atoms. The number of hydrogen-bond acceptors (Lipinski definition) is 4. The number of aliphatic hydroxyl groups is 1. The summed E-state index contributed by atoms with van der Waals surface area (Å²) in [6.07, 6.45) is 4.21. The Kier molecular flexibility index (Phi) is 4.86. The number of aliphatic hydroxyl groups excluding tert-OH is 1. The van der Waals surface area contributed by atoms with Crippen molar-refractivity contribution in [3.63, 3.8) is 0 Å². The molecule has 0 radical (unpaired) electrons. The van der Waals surface area contributed by atoms with E-state index >= 15 is 0 Å². The van der Waals surface area contributed by atoms with Gasteiger partial charge in [-0.3, -0.25) is 4.98 Å². The lowest BCUT2D eigenvalue weighted by molar-refractivity contribution is 0.0270. The fourth-order valence-electron chi connectivity index (χ4n) is 2.32. The van der Waals surface area contributed by atoms with Crippen LogP contribution in [0.3, 0.4) is 0 Å². The minimum absolute atomic E-state index is 0.00455. The highest BCUT2D eigenvalue weighted by atomic mass is 16.6. The molecule has 0 fully saturated rings. The van der Waals surface area contributed by atoms with E-state index in [2.05, 4.69) is 4.98 Å².